The molecular weight excluding hydrogens is 427 g/mol. The van der Waals surface area contributed by atoms with E-state index < -0.39 is 36.8 Å². The molecule has 1 heterocycles. The molecule has 168 valence electrons. The van der Waals surface area contributed by atoms with Gasteiger partial charge >= 0.3 is 5.51 Å². The zero-order chi connectivity index (χ0) is 22.7. The van der Waals surface area contributed by atoms with Crippen LogP contribution in [0.3, 0.4) is 0 Å². The number of benzene rings is 1. The Hall–Kier alpha value is -2.37. The summed E-state index contributed by atoms with van der Waals surface area (Å²) in [6.07, 6.45) is 2.84. The Kier molecular flexibility index (Phi) is 7.32. The summed E-state index contributed by atoms with van der Waals surface area (Å²) < 4.78 is 61.6. The lowest BCUT2D eigenvalue weighted by atomic mass is 9.96. The van der Waals surface area contributed by atoms with Crippen LogP contribution in [0.15, 0.2) is 23.1 Å². The number of amides is 1. The summed E-state index contributed by atoms with van der Waals surface area (Å²) in [5.74, 6) is -0.615. The van der Waals surface area contributed by atoms with E-state index in [0.29, 0.717) is 31.5 Å². The number of nitro benzene ring substituents is 1. The van der Waals surface area contributed by atoms with Gasteiger partial charge in [0.15, 0.2) is 0 Å². The number of piperidine rings is 1. The molecule has 12 heteroatoms. The second-order valence-electron chi connectivity index (χ2n) is 7.34. The van der Waals surface area contributed by atoms with Crippen LogP contribution in [0.5, 0.6) is 0 Å². The molecule has 1 aliphatic rings. The van der Waals surface area contributed by atoms with Crippen molar-refractivity contribution in [3.8, 4) is 0 Å². The van der Waals surface area contributed by atoms with E-state index >= 15 is 0 Å². The van der Waals surface area contributed by atoms with Crippen LogP contribution in [0, 0.1) is 16.0 Å². The lowest BCUT2D eigenvalue weighted by Gasteiger charge is -2.34. The van der Waals surface area contributed by atoms with Crippen molar-refractivity contribution in [3.05, 3.63) is 28.3 Å². The monoisotopic (exact) mass is 451 g/mol. The van der Waals surface area contributed by atoms with Gasteiger partial charge in [-0.05, 0) is 38.3 Å². The first-order valence-electron chi connectivity index (χ1n) is 9.53. The fraction of sp³-hybridized carbons (Fsp3) is 0.611. The number of hydrogen-bond donors (Lipinski definition) is 1. The number of nitrogens with zero attached hydrogens (tertiary/aromatic N) is 2. The van der Waals surface area contributed by atoms with E-state index in [0.717, 1.165) is 18.9 Å². The molecule has 1 aromatic rings. The molecule has 1 saturated heterocycles. The maximum Gasteiger partial charge on any atom is 0.501 e. The zero-order valence-corrected chi connectivity index (χ0v) is 17.4. The van der Waals surface area contributed by atoms with Gasteiger partial charge in [0.2, 0.25) is 5.91 Å². The van der Waals surface area contributed by atoms with E-state index in [9.17, 15) is 36.5 Å². The maximum atomic E-state index is 12.8. The van der Waals surface area contributed by atoms with E-state index in [1.54, 1.807) is 4.90 Å². The number of alkyl halides is 3. The number of nitro groups is 1. The Bertz CT molecular complexity index is 905. The Morgan fingerprint density at radius 3 is 2.63 bits per heavy atom. The molecule has 2 rings (SSSR count). The molecule has 1 aromatic carbocycles. The number of hydrogen-bond acceptors (Lipinski definition) is 6. The average Bonchev–Trinajstić information content (AvgIpc) is 2.66. The van der Waals surface area contributed by atoms with Crippen LogP contribution in [0.1, 0.15) is 39.5 Å². The predicted octanol–water partition coefficient (Wildman–Crippen LogP) is 3.41. The topological polar surface area (TPSA) is 110 Å². The molecule has 1 aliphatic heterocycles. The minimum absolute atomic E-state index is 0.0137. The Morgan fingerprint density at radius 2 is 2.07 bits per heavy atom. The SMILES string of the molecule is CCCC(C)NC(=O)C1CCCN(c2ccc(S(=O)(=O)C(F)(F)F)cc2[N+](=O)[O-])C1. The largest absolute Gasteiger partial charge is 0.501 e. The summed E-state index contributed by atoms with van der Waals surface area (Å²) >= 11 is 0. The lowest BCUT2D eigenvalue weighted by Crippen LogP contribution is -2.45. The Balaban J connectivity index is 2.30. The van der Waals surface area contributed by atoms with Crippen molar-refractivity contribution in [1.29, 1.82) is 0 Å². The van der Waals surface area contributed by atoms with Gasteiger partial charge in [0.1, 0.15) is 5.69 Å². The standard InChI is InChI=1S/C18H24F3N3O5S/c1-3-5-12(2)22-17(25)13-6-4-9-23(11-13)15-8-7-14(10-16(15)24(26)27)30(28,29)18(19,20)21/h7-8,10,12-13H,3-6,9,11H2,1-2H3,(H,22,25). The molecule has 1 N–H and O–H groups in total. The highest BCUT2D eigenvalue weighted by atomic mass is 32.2. The number of sulfone groups is 1. The van der Waals surface area contributed by atoms with Gasteiger partial charge in [-0.25, -0.2) is 8.42 Å². The first-order chi connectivity index (χ1) is 13.9. The molecule has 0 aromatic heterocycles. The smallest absolute Gasteiger partial charge is 0.365 e. The first-order valence-corrected chi connectivity index (χ1v) is 11.0. The van der Waals surface area contributed by atoms with Crippen LogP contribution < -0.4 is 10.2 Å². The molecule has 1 fully saturated rings. The zero-order valence-electron chi connectivity index (χ0n) is 16.6. The van der Waals surface area contributed by atoms with Crippen LogP contribution in [0.2, 0.25) is 0 Å². The van der Waals surface area contributed by atoms with Crippen LogP contribution in [0.25, 0.3) is 0 Å². The third kappa shape index (κ3) is 5.21. The number of carbonyl (C=O) groups is 1. The molecule has 0 spiro atoms. The summed E-state index contributed by atoms with van der Waals surface area (Å²) in [4.78, 5) is 23.4. The molecule has 8 nitrogen and oxygen atoms in total. The highest BCUT2D eigenvalue weighted by molar-refractivity contribution is 7.92. The van der Waals surface area contributed by atoms with Crippen LogP contribution in [0.4, 0.5) is 24.5 Å². The predicted molar refractivity (Wildman–Crippen MR) is 104 cm³/mol. The van der Waals surface area contributed by atoms with E-state index in [1.807, 2.05) is 13.8 Å². The van der Waals surface area contributed by atoms with E-state index in [2.05, 4.69) is 5.32 Å². The number of nitrogens with one attached hydrogen (secondary N) is 1. The Labute approximate surface area is 172 Å². The van der Waals surface area contributed by atoms with Gasteiger partial charge in [-0.2, -0.15) is 13.2 Å². The van der Waals surface area contributed by atoms with Crippen molar-refractivity contribution in [2.45, 2.75) is 56.0 Å². The van der Waals surface area contributed by atoms with Gasteiger partial charge in [0.05, 0.1) is 15.7 Å². The average molecular weight is 451 g/mol. The molecule has 0 radical (unpaired) electrons. The van der Waals surface area contributed by atoms with Gasteiger partial charge in [-0.3, -0.25) is 14.9 Å². The van der Waals surface area contributed by atoms with E-state index in [-0.39, 0.29) is 24.2 Å². The fourth-order valence-corrected chi connectivity index (χ4v) is 4.27. The van der Waals surface area contributed by atoms with Crippen molar-refractivity contribution in [2.75, 3.05) is 18.0 Å². The minimum Gasteiger partial charge on any atom is -0.365 e. The first kappa shape index (κ1) is 23.9. The summed E-state index contributed by atoms with van der Waals surface area (Å²) in [6.45, 7) is 4.39. The normalized spacial score (nSPS) is 18.7. The molecule has 0 saturated carbocycles. The number of anilines is 1. The highest BCUT2D eigenvalue weighted by Crippen LogP contribution is 2.37. The van der Waals surface area contributed by atoms with Gasteiger partial charge < -0.3 is 10.2 Å². The van der Waals surface area contributed by atoms with Crippen LogP contribution in [-0.2, 0) is 14.6 Å². The molecule has 2 atom stereocenters. The Morgan fingerprint density at radius 1 is 1.40 bits per heavy atom. The second-order valence-corrected chi connectivity index (χ2v) is 9.28. The minimum atomic E-state index is -5.71. The van der Waals surface area contributed by atoms with Crippen molar-refractivity contribution in [1.82, 2.24) is 5.32 Å². The van der Waals surface area contributed by atoms with E-state index in [4.69, 9.17) is 0 Å². The van der Waals surface area contributed by atoms with E-state index in [1.165, 1.54) is 0 Å². The quantitative estimate of drug-likeness (QED) is 0.503. The van der Waals surface area contributed by atoms with Gasteiger partial charge in [-0.1, -0.05) is 13.3 Å². The highest BCUT2D eigenvalue weighted by Gasteiger charge is 2.47. The molecule has 0 bridgehead atoms. The van der Waals surface area contributed by atoms with Crippen molar-refractivity contribution < 1.29 is 31.3 Å². The molecule has 1 amide bonds. The molecule has 2 unspecified atom stereocenters. The summed E-state index contributed by atoms with van der Waals surface area (Å²) in [7, 11) is -5.71. The van der Waals surface area contributed by atoms with Crippen molar-refractivity contribution in [2.24, 2.45) is 5.92 Å². The molecular formula is C18H24F3N3O5S. The van der Waals surface area contributed by atoms with Gasteiger partial charge in [0.25, 0.3) is 15.5 Å². The second kappa shape index (κ2) is 9.19. The summed E-state index contributed by atoms with van der Waals surface area (Å²) in [6, 6.07) is 2.11. The third-order valence-electron chi connectivity index (χ3n) is 5.00. The lowest BCUT2D eigenvalue weighted by molar-refractivity contribution is -0.384. The number of rotatable bonds is 7. The van der Waals surface area contributed by atoms with Crippen molar-refractivity contribution >= 4 is 27.1 Å². The van der Waals surface area contributed by atoms with Gasteiger partial charge in [-0.15, -0.1) is 0 Å². The third-order valence-corrected chi connectivity index (χ3v) is 6.49. The summed E-state index contributed by atoms with van der Waals surface area (Å²) in [5, 5.41) is 14.4. The number of carbonyl (C=O) groups excluding carboxylic acids is 1. The maximum absolute atomic E-state index is 12.8. The number of halogens is 3. The van der Waals surface area contributed by atoms with Crippen molar-refractivity contribution in [3.63, 3.8) is 0 Å². The van der Waals surface area contributed by atoms with Crippen LogP contribution >= 0.6 is 0 Å². The molecule has 30 heavy (non-hydrogen) atoms. The van der Waals surface area contributed by atoms with Gasteiger partial charge in [0, 0.05) is 25.2 Å². The fourth-order valence-electron chi connectivity index (χ4n) is 3.49. The van der Waals surface area contributed by atoms with Crippen LogP contribution in [-0.4, -0.2) is 43.9 Å². The molecule has 0 aliphatic carbocycles. The summed E-state index contributed by atoms with van der Waals surface area (Å²) in [5.41, 5.74) is -6.33.